The molecule has 1 aliphatic heterocycles. The summed E-state index contributed by atoms with van der Waals surface area (Å²) < 4.78 is 32.3. The second-order valence-electron chi connectivity index (χ2n) is 7.46. The van der Waals surface area contributed by atoms with Gasteiger partial charge in [-0.2, -0.15) is 0 Å². The van der Waals surface area contributed by atoms with Gasteiger partial charge in [0.1, 0.15) is 5.82 Å². The molecule has 4 rings (SSSR count). The average Bonchev–Trinajstić information content (AvgIpc) is 3.34. The van der Waals surface area contributed by atoms with Crippen molar-refractivity contribution in [3.05, 3.63) is 47.1 Å². The summed E-state index contributed by atoms with van der Waals surface area (Å²) in [5.41, 5.74) is 0.616. The van der Waals surface area contributed by atoms with E-state index in [1.54, 1.807) is 24.4 Å². The second kappa shape index (κ2) is 8.83. The van der Waals surface area contributed by atoms with E-state index in [4.69, 9.17) is 4.42 Å². The molecule has 1 aliphatic carbocycles. The van der Waals surface area contributed by atoms with Gasteiger partial charge in [-0.3, -0.25) is 9.59 Å². The minimum Gasteiger partial charge on any atom is -0.452 e. The summed E-state index contributed by atoms with van der Waals surface area (Å²) >= 11 is 0.963. The Hall–Kier alpha value is -2.30. The van der Waals surface area contributed by atoms with E-state index in [1.807, 2.05) is 0 Å². The molecule has 2 aromatic heterocycles. The van der Waals surface area contributed by atoms with E-state index in [2.05, 4.69) is 14.7 Å². The monoisotopic (exact) mass is 447 g/mol. The van der Waals surface area contributed by atoms with Gasteiger partial charge in [-0.1, -0.05) is 0 Å². The standard InChI is InChI=1S/C20H21N3O5S2/c24-16-12-19(25)29-17(16)11-15-7-8-21-18(22-15)10-13-3-5-14(6-4-13)23-30(26,27)20-2-1-9-28-20/h1-2,7-9,11,13-14,23H,3-6,10,12H2/b17-11-. The van der Waals surface area contributed by atoms with Crippen LogP contribution in [-0.2, 0) is 26.0 Å². The lowest BCUT2D eigenvalue weighted by Crippen LogP contribution is -2.37. The van der Waals surface area contributed by atoms with E-state index in [9.17, 15) is 18.0 Å². The van der Waals surface area contributed by atoms with Crippen molar-refractivity contribution >= 4 is 38.8 Å². The minimum absolute atomic E-state index is 0.0542. The number of hydrogen-bond donors (Lipinski definition) is 1. The molecule has 2 aromatic rings. The molecular formula is C20H21N3O5S2. The maximum absolute atomic E-state index is 12.3. The van der Waals surface area contributed by atoms with E-state index in [0.29, 0.717) is 28.8 Å². The van der Waals surface area contributed by atoms with Crippen LogP contribution in [0.4, 0.5) is 0 Å². The molecule has 1 saturated carbocycles. The highest BCUT2D eigenvalue weighted by Gasteiger charge is 2.28. The number of furan rings is 1. The predicted octanol–water partition coefficient (Wildman–Crippen LogP) is 2.72. The number of carbonyl (C=O) groups excluding carboxylic acids is 2. The number of nitrogens with zero attached hydrogens (tertiary/aromatic N) is 2. The SMILES string of the molecule is O=C1CC(=O)/C(=C/c2ccnc(CC3CCC(NS(=O)(=O)c4ccco4)CC3)n2)S1. The number of sulfonamides is 1. The number of rotatable bonds is 6. The maximum atomic E-state index is 12.3. The van der Waals surface area contributed by atoms with Gasteiger partial charge in [0.25, 0.3) is 10.0 Å². The Labute approximate surface area is 178 Å². The quantitative estimate of drug-likeness (QED) is 0.530. The van der Waals surface area contributed by atoms with Crippen LogP contribution in [0.15, 0.2) is 45.1 Å². The van der Waals surface area contributed by atoms with Crippen molar-refractivity contribution in [2.45, 2.75) is 49.7 Å². The highest BCUT2D eigenvalue weighted by Crippen LogP contribution is 2.31. The average molecular weight is 448 g/mol. The lowest BCUT2D eigenvalue weighted by atomic mass is 9.84. The highest BCUT2D eigenvalue weighted by atomic mass is 32.2. The normalized spacial score (nSPS) is 23.9. The van der Waals surface area contributed by atoms with Crippen LogP contribution in [-0.4, -0.2) is 35.3 Å². The van der Waals surface area contributed by atoms with Crippen LogP contribution in [0.25, 0.3) is 6.08 Å². The van der Waals surface area contributed by atoms with Gasteiger partial charge in [-0.25, -0.2) is 23.1 Å². The molecule has 2 aliphatic rings. The molecule has 0 atom stereocenters. The first-order valence-electron chi connectivity index (χ1n) is 9.72. The van der Waals surface area contributed by atoms with Crippen LogP contribution in [0, 0.1) is 5.92 Å². The third-order valence-electron chi connectivity index (χ3n) is 5.21. The van der Waals surface area contributed by atoms with Crippen molar-refractivity contribution in [2.24, 2.45) is 5.92 Å². The zero-order valence-electron chi connectivity index (χ0n) is 16.1. The Morgan fingerprint density at radius 1 is 1.20 bits per heavy atom. The Kier molecular flexibility index (Phi) is 6.16. The number of aromatic nitrogens is 2. The summed E-state index contributed by atoms with van der Waals surface area (Å²) in [7, 11) is -3.62. The smallest absolute Gasteiger partial charge is 0.274 e. The van der Waals surface area contributed by atoms with E-state index in [-0.39, 0.29) is 28.5 Å². The van der Waals surface area contributed by atoms with Gasteiger partial charge in [0.05, 0.1) is 23.3 Å². The molecule has 2 fully saturated rings. The van der Waals surface area contributed by atoms with Crippen molar-refractivity contribution in [2.75, 3.05) is 0 Å². The summed E-state index contributed by atoms with van der Waals surface area (Å²) in [6.45, 7) is 0. The topological polar surface area (TPSA) is 119 Å². The Balaban J connectivity index is 1.33. The number of nitrogens with one attached hydrogen (secondary N) is 1. The molecule has 0 aromatic carbocycles. The van der Waals surface area contributed by atoms with Crippen molar-refractivity contribution in [1.82, 2.24) is 14.7 Å². The lowest BCUT2D eigenvalue weighted by Gasteiger charge is -2.28. The Morgan fingerprint density at radius 2 is 2.00 bits per heavy atom. The largest absolute Gasteiger partial charge is 0.452 e. The fourth-order valence-corrected chi connectivity index (χ4v) is 5.75. The van der Waals surface area contributed by atoms with Gasteiger partial charge in [0.15, 0.2) is 5.78 Å². The zero-order valence-corrected chi connectivity index (χ0v) is 17.7. The fourth-order valence-electron chi connectivity index (χ4n) is 3.71. The molecule has 30 heavy (non-hydrogen) atoms. The van der Waals surface area contributed by atoms with Crippen LogP contribution in [0.5, 0.6) is 0 Å². The van der Waals surface area contributed by atoms with Crippen molar-refractivity contribution in [3.8, 4) is 0 Å². The van der Waals surface area contributed by atoms with Gasteiger partial charge in [-0.05, 0) is 67.6 Å². The molecule has 1 N–H and O–H groups in total. The third kappa shape index (κ3) is 5.05. The molecule has 0 spiro atoms. The van der Waals surface area contributed by atoms with E-state index in [0.717, 1.165) is 37.4 Å². The number of Topliss-reactive ketones (excluding diaryl/α,β-unsaturated/α-hetero) is 1. The van der Waals surface area contributed by atoms with Crippen LogP contribution in [0.1, 0.15) is 43.6 Å². The first-order valence-corrected chi connectivity index (χ1v) is 12.0. The number of thioether (sulfide) groups is 1. The van der Waals surface area contributed by atoms with E-state index < -0.39 is 10.0 Å². The molecule has 0 amide bonds. The van der Waals surface area contributed by atoms with Crippen LogP contribution >= 0.6 is 11.8 Å². The Morgan fingerprint density at radius 3 is 2.67 bits per heavy atom. The molecule has 10 heteroatoms. The van der Waals surface area contributed by atoms with Gasteiger partial charge in [0.2, 0.25) is 10.2 Å². The highest BCUT2D eigenvalue weighted by molar-refractivity contribution is 8.18. The summed E-state index contributed by atoms with van der Waals surface area (Å²) in [5.74, 6) is 0.882. The van der Waals surface area contributed by atoms with Crippen LogP contribution in [0.3, 0.4) is 0 Å². The number of ketones is 1. The van der Waals surface area contributed by atoms with Crippen LogP contribution < -0.4 is 4.72 Å². The van der Waals surface area contributed by atoms with Crippen molar-refractivity contribution in [1.29, 1.82) is 0 Å². The summed E-state index contributed by atoms with van der Waals surface area (Å²) in [4.78, 5) is 32.4. The van der Waals surface area contributed by atoms with Crippen molar-refractivity contribution < 1.29 is 22.4 Å². The molecule has 8 nitrogen and oxygen atoms in total. The van der Waals surface area contributed by atoms with E-state index >= 15 is 0 Å². The second-order valence-corrected chi connectivity index (χ2v) is 10.2. The first kappa shape index (κ1) is 21.0. The lowest BCUT2D eigenvalue weighted by molar-refractivity contribution is -0.119. The van der Waals surface area contributed by atoms with Gasteiger partial charge in [-0.15, -0.1) is 0 Å². The number of allylic oxidation sites excluding steroid dienone is 1. The molecule has 158 valence electrons. The summed E-state index contributed by atoms with van der Waals surface area (Å²) in [6, 6.07) is 4.58. The molecule has 1 saturated heterocycles. The minimum atomic E-state index is -3.62. The zero-order chi connectivity index (χ0) is 21.1. The molecule has 3 heterocycles. The van der Waals surface area contributed by atoms with E-state index in [1.165, 1.54) is 12.3 Å². The van der Waals surface area contributed by atoms with Gasteiger partial charge < -0.3 is 4.42 Å². The molecule has 0 bridgehead atoms. The third-order valence-corrected chi connectivity index (χ3v) is 7.55. The first-order chi connectivity index (χ1) is 14.4. The van der Waals surface area contributed by atoms with Gasteiger partial charge >= 0.3 is 0 Å². The number of carbonyl (C=O) groups is 2. The Bertz CT molecular complexity index is 1070. The molecule has 0 radical (unpaired) electrons. The van der Waals surface area contributed by atoms with Crippen molar-refractivity contribution in [3.63, 3.8) is 0 Å². The van der Waals surface area contributed by atoms with Crippen LogP contribution in [0.2, 0.25) is 0 Å². The fraction of sp³-hybridized carbons (Fsp3) is 0.400. The summed E-state index contributed by atoms with van der Waals surface area (Å²) in [6.07, 6.45) is 8.48. The molecule has 0 unspecified atom stereocenters. The maximum Gasteiger partial charge on any atom is 0.274 e. The predicted molar refractivity (Wildman–Crippen MR) is 111 cm³/mol. The molecular weight excluding hydrogens is 426 g/mol. The number of hydrogen-bond acceptors (Lipinski definition) is 8. The van der Waals surface area contributed by atoms with Gasteiger partial charge in [0, 0.05) is 18.7 Å². The summed E-state index contributed by atoms with van der Waals surface area (Å²) in [5, 5.41) is -0.204.